The molecule has 106 valence electrons. The first-order chi connectivity index (χ1) is 9.31. The summed E-state index contributed by atoms with van der Waals surface area (Å²) in [6.45, 7) is 4.55. The highest BCUT2D eigenvalue weighted by Gasteiger charge is 2.18. The molecule has 0 aliphatic carbocycles. The lowest BCUT2D eigenvalue weighted by molar-refractivity contribution is 0.107. The van der Waals surface area contributed by atoms with Crippen LogP contribution in [0.5, 0.6) is 5.75 Å². The molecule has 2 rings (SSSR count). The minimum Gasteiger partial charge on any atom is -0.492 e. The summed E-state index contributed by atoms with van der Waals surface area (Å²) >= 11 is 0. The molecule has 1 unspecified atom stereocenters. The van der Waals surface area contributed by atoms with Gasteiger partial charge >= 0.3 is 0 Å². The zero-order valence-corrected chi connectivity index (χ0v) is 11.4. The van der Waals surface area contributed by atoms with Gasteiger partial charge in [0.1, 0.15) is 12.4 Å². The fourth-order valence-corrected chi connectivity index (χ4v) is 2.56. The van der Waals surface area contributed by atoms with E-state index in [0.29, 0.717) is 25.7 Å². The zero-order valence-electron chi connectivity index (χ0n) is 11.4. The third-order valence-electron chi connectivity index (χ3n) is 3.67. The zero-order chi connectivity index (χ0) is 13.5. The van der Waals surface area contributed by atoms with Gasteiger partial charge in [0.05, 0.1) is 0 Å². The summed E-state index contributed by atoms with van der Waals surface area (Å²) in [4.78, 5) is 2.37. The van der Waals surface area contributed by atoms with Crippen LogP contribution in [0.4, 0.5) is 0 Å². The highest BCUT2D eigenvalue weighted by atomic mass is 16.5. The molecular formula is C15H24N2O2. The molecule has 0 spiro atoms. The van der Waals surface area contributed by atoms with Crippen LogP contribution in [0.15, 0.2) is 24.3 Å². The second-order valence-corrected chi connectivity index (χ2v) is 5.19. The first-order valence-corrected chi connectivity index (χ1v) is 7.07. The number of likely N-dealkylation sites (tertiary alicyclic amines) is 1. The molecule has 0 amide bonds. The van der Waals surface area contributed by atoms with Crippen LogP contribution in [0.1, 0.15) is 18.4 Å². The maximum Gasteiger partial charge on any atom is 0.119 e. The highest BCUT2D eigenvalue weighted by molar-refractivity contribution is 5.28. The Hall–Kier alpha value is -1.10. The van der Waals surface area contributed by atoms with Gasteiger partial charge in [-0.1, -0.05) is 12.1 Å². The molecule has 1 atom stereocenters. The Bertz CT molecular complexity index is 384. The fraction of sp³-hybridized carbons (Fsp3) is 0.600. The van der Waals surface area contributed by atoms with E-state index in [1.165, 1.54) is 6.42 Å². The average molecular weight is 264 g/mol. The van der Waals surface area contributed by atoms with Crippen molar-refractivity contribution in [2.24, 2.45) is 11.7 Å². The van der Waals surface area contributed by atoms with Crippen LogP contribution < -0.4 is 10.5 Å². The summed E-state index contributed by atoms with van der Waals surface area (Å²) in [5.41, 5.74) is 6.70. The lowest BCUT2D eigenvalue weighted by Crippen LogP contribution is -2.39. The third kappa shape index (κ3) is 4.49. The molecule has 1 aliphatic rings. The van der Waals surface area contributed by atoms with Crippen LogP contribution in [0.25, 0.3) is 0 Å². The Morgan fingerprint density at radius 2 is 2.32 bits per heavy atom. The van der Waals surface area contributed by atoms with Crippen molar-refractivity contribution in [3.05, 3.63) is 29.8 Å². The summed E-state index contributed by atoms with van der Waals surface area (Å²) in [7, 11) is 0. The number of aliphatic hydroxyl groups is 1. The van der Waals surface area contributed by atoms with E-state index in [4.69, 9.17) is 10.5 Å². The maximum absolute atomic E-state index is 9.20. The molecular weight excluding hydrogens is 240 g/mol. The Kier molecular flexibility index (Phi) is 5.63. The van der Waals surface area contributed by atoms with Gasteiger partial charge in [0.25, 0.3) is 0 Å². The molecule has 0 saturated carbocycles. The SMILES string of the molecule is NCc1cccc(OCCN2CCCC(CO)C2)c1. The quantitative estimate of drug-likeness (QED) is 0.811. The van der Waals surface area contributed by atoms with E-state index < -0.39 is 0 Å². The van der Waals surface area contributed by atoms with E-state index >= 15 is 0 Å². The number of piperidine rings is 1. The molecule has 1 fully saturated rings. The Balaban J connectivity index is 1.73. The molecule has 1 aliphatic heterocycles. The molecule has 0 aromatic heterocycles. The topological polar surface area (TPSA) is 58.7 Å². The van der Waals surface area contributed by atoms with Gasteiger partial charge < -0.3 is 15.6 Å². The number of nitrogens with two attached hydrogens (primary N) is 1. The number of ether oxygens (including phenoxy) is 1. The van der Waals surface area contributed by atoms with E-state index in [2.05, 4.69) is 4.90 Å². The fourth-order valence-electron chi connectivity index (χ4n) is 2.56. The van der Waals surface area contributed by atoms with Gasteiger partial charge in [0, 0.05) is 26.2 Å². The van der Waals surface area contributed by atoms with E-state index in [-0.39, 0.29) is 0 Å². The predicted octanol–water partition coefficient (Wildman–Crippen LogP) is 1.23. The Morgan fingerprint density at radius 3 is 3.11 bits per heavy atom. The predicted molar refractivity (Wildman–Crippen MR) is 76.1 cm³/mol. The number of hydrogen-bond donors (Lipinski definition) is 2. The van der Waals surface area contributed by atoms with Gasteiger partial charge in [-0.3, -0.25) is 4.90 Å². The number of nitrogens with zero attached hydrogens (tertiary/aromatic N) is 1. The standard InChI is InChI=1S/C15H24N2O2/c16-10-13-3-1-5-15(9-13)19-8-7-17-6-2-4-14(11-17)12-18/h1,3,5,9,14,18H,2,4,6-8,10-12,16H2. The van der Waals surface area contributed by atoms with Crippen LogP contribution in [0, 0.1) is 5.92 Å². The number of rotatable bonds is 6. The number of hydrogen-bond acceptors (Lipinski definition) is 4. The van der Waals surface area contributed by atoms with Crippen molar-refractivity contribution in [1.82, 2.24) is 4.90 Å². The summed E-state index contributed by atoms with van der Waals surface area (Å²) in [6.07, 6.45) is 2.32. The van der Waals surface area contributed by atoms with Crippen LogP contribution >= 0.6 is 0 Å². The minimum atomic E-state index is 0.301. The van der Waals surface area contributed by atoms with Crippen molar-refractivity contribution in [1.29, 1.82) is 0 Å². The first kappa shape index (κ1) is 14.3. The second-order valence-electron chi connectivity index (χ2n) is 5.19. The lowest BCUT2D eigenvalue weighted by Gasteiger charge is -2.31. The molecule has 0 radical (unpaired) electrons. The number of benzene rings is 1. The molecule has 4 nitrogen and oxygen atoms in total. The molecule has 0 bridgehead atoms. The normalized spacial score (nSPS) is 20.4. The maximum atomic E-state index is 9.20. The summed E-state index contributed by atoms with van der Waals surface area (Å²) in [5.74, 6) is 1.33. The van der Waals surface area contributed by atoms with Gasteiger partial charge in [-0.25, -0.2) is 0 Å². The van der Waals surface area contributed by atoms with Gasteiger partial charge in [0.15, 0.2) is 0 Å². The smallest absolute Gasteiger partial charge is 0.119 e. The first-order valence-electron chi connectivity index (χ1n) is 7.07. The van der Waals surface area contributed by atoms with E-state index in [1.54, 1.807) is 0 Å². The molecule has 1 aromatic carbocycles. The van der Waals surface area contributed by atoms with Crippen molar-refractivity contribution in [3.8, 4) is 5.75 Å². The summed E-state index contributed by atoms with van der Waals surface area (Å²) in [5, 5.41) is 9.20. The third-order valence-corrected chi connectivity index (χ3v) is 3.67. The van der Waals surface area contributed by atoms with Crippen molar-refractivity contribution in [2.75, 3.05) is 32.8 Å². The highest BCUT2D eigenvalue weighted by Crippen LogP contribution is 2.16. The Morgan fingerprint density at radius 1 is 1.42 bits per heavy atom. The van der Waals surface area contributed by atoms with Gasteiger partial charge in [0.2, 0.25) is 0 Å². The van der Waals surface area contributed by atoms with Gasteiger partial charge in [-0.15, -0.1) is 0 Å². The molecule has 1 aromatic rings. The van der Waals surface area contributed by atoms with Gasteiger partial charge in [-0.05, 0) is 43.0 Å². The van der Waals surface area contributed by atoms with Crippen LogP contribution in [0.2, 0.25) is 0 Å². The molecule has 19 heavy (non-hydrogen) atoms. The Labute approximate surface area is 115 Å². The summed E-state index contributed by atoms with van der Waals surface area (Å²) in [6, 6.07) is 7.93. The van der Waals surface area contributed by atoms with Gasteiger partial charge in [-0.2, -0.15) is 0 Å². The van der Waals surface area contributed by atoms with E-state index in [9.17, 15) is 5.11 Å². The van der Waals surface area contributed by atoms with E-state index in [1.807, 2.05) is 24.3 Å². The molecule has 1 saturated heterocycles. The average Bonchev–Trinajstić information content (AvgIpc) is 2.48. The largest absolute Gasteiger partial charge is 0.492 e. The molecule has 1 heterocycles. The van der Waals surface area contributed by atoms with Crippen molar-refractivity contribution in [3.63, 3.8) is 0 Å². The lowest BCUT2D eigenvalue weighted by atomic mass is 9.99. The number of aliphatic hydroxyl groups excluding tert-OH is 1. The van der Waals surface area contributed by atoms with Crippen LogP contribution in [0.3, 0.4) is 0 Å². The van der Waals surface area contributed by atoms with Crippen molar-refractivity contribution < 1.29 is 9.84 Å². The molecule has 3 N–H and O–H groups in total. The summed E-state index contributed by atoms with van der Waals surface area (Å²) < 4.78 is 5.76. The van der Waals surface area contributed by atoms with Crippen molar-refractivity contribution >= 4 is 0 Å². The molecule has 4 heteroatoms. The second kappa shape index (κ2) is 7.48. The van der Waals surface area contributed by atoms with Crippen LogP contribution in [-0.2, 0) is 6.54 Å². The van der Waals surface area contributed by atoms with E-state index in [0.717, 1.165) is 37.4 Å². The monoisotopic (exact) mass is 264 g/mol. The minimum absolute atomic E-state index is 0.301. The van der Waals surface area contributed by atoms with Crippen LogP contribution in [-0.4, -0.2) is 42.9 Å². The van der Waals surface area contributed by atoms with Crippen molar-refractivity contribution in [2.45, 2.75) is 19.4 Å².